The number of hydrogen-bond acceptors (Lipinski definition) is 1. The first kappa shape index (κ1) is 6.55. The molecule has 0 amide bonds. The summed E-state index contributed by atoms with van der Waals surface area (Å²) in [7, 11) is 0. The zero-order valence-corrected chi connectivity index (χ0v) is 6.97. The van der Waals surface area contributed by atoms with Crippen molar-refractivity contribution >= 4 is 22.6 Å². The van der Waals surface area contributed by atoms with Crippen molar-refractivity contribution in [3.63, 3.8) is 0 Å². The fraction of sp³-hybridized carbons (Fsp3) is 0.667. The van der Waals surface area contributed by atoms with Crippen LogP contribution >= 0.6 is 22.6 Å². The summed E-state index contributed by atoms with van der Waals surface area (Å²) in [5.74, 6) is 0. The highest BCUT2D eigenvalue weighted by molar-refractivity contribution is 14.1. The number of hydrogen-bond donors (Lipinski definition) is 1. The fourth-order valence-corrected chi connectivity index (χ4v) is 1.53. The molecule has 1 aliphatic rings. The van der Waals surface area contributed by atoms with E-state index in [1.807, 2.05) is 6.92 Å². The summed E-state index contributed by atoms with van der Waals surface area (Å²) >= 11 is 2.29. The highest BCUT2D eigenvalue weighted by Crippen LogP contribution is 2.30. The van der Waals surface area contributed by atoms with E-state index >= 15 is 0 Å². The number of aliphatic hydroxyl groups is 1. The molecule has 0 aromatic heterocycles. The van der Waals surface area contributed by atoms with Crippen LogP contribution in [0.15, 0.2) is 9.15 Å². The molecule has 0 aromatic carbocycles. The lowest BCUT2D eigenvalue weighted by atomic mass is 10.2. The first-order valence-electron chi connectivity index (χ1n) is 2.75. The van der Waals surface area contributed by atoms with E-state index in [1.165, 1.54) is 9.15 Å². The third-order valence-electron chi connectivity index (χ3n) is 1.56. The van der Waals surface area contributed by atoms with Gasteiger partial charge in [-0.25, -0.2) is 0 Å². The quantitative estimate of drug-likeness (QED) is 0.622. The van der Waals surface area contributed by atoms with Crippen molar-refractivity contribution in [2.45, 2.75) is 25.9 Å². The van der Waals surface area contributed by atoms with Gasteiger partial charge < -0.3 is 5.11 Å². The van der Waals surface area contributed by atoms with E-state index in [2.05, 4.69) is 22.6 Å². The van der Waals surface area contributed by atoms with Gasteiger partial charge >= 0.3 is 0 Å². The molecule has 8 heavy (non-hydrogen) atoms. The fourth-order valence-electron chi connectivity index (χ4n) is 0.858. The first-order chi connectivity index (χ1) is 3.72. The molecule has 1 N–H and O–H groups in total. The monoisotopic (exact) mass is 224 g/mol. The molecule has 0 unspecified atom stereocenters. The van der Waals surface area contributed by atoms with Crippen LogP contribution in [-0.2, 0) is 0 Å². The van der Waals surface area contributed by atoms with Gasteiger partial charge in [0.25, 0.3) is 0 Å². The van der Waals surface area contributed by atoms with Crippen molar-refractivity contribution in [2.24, 2.45) is 0 Å². The van der Waals surface area contributed by atoms with Gasteiger partial charge in [0.15, 0.2) is 0 Å². The zero-order valence-electron chi connectivity index (χ0n) is 4.82. The van der Waals surface area contributed by atoms with Gasteiger partial charge in [-0.15, -0.1) is 0 Å². The van der Waals surface area contributed by atoms with Gasteiger partial charge in [0.2, 0.25) is 0 Å². The number of halogens is 1. The van der Waals surface area contributed by atoms with Crippen molar-refractivity contribution in [3.05, 3.63) is 9.15 Å². The second-order valence-electron chi connectivity index (χ2n) is 2.14. The molecule has 46 valence electrons. The Morgan fingerprint density at radius 3 is 2.50 bits per heavy atom. The van der Waals surface area contributed by atoms with E-state index in [0.717, 1.165) is 12.8 Å². The van der Waals surface area contributed by atoms with Crippen LogP contribution in [0.2, 0.25) is 0 Å². The molecule has 0 heterocycles. The van der Waals surface area contributed by atoms with Gasteiger partial charge in [-0.3, -0.25) is 0 Å². The Bertz CT molecular complexity index is 128. The lowest BCUT2D eigenvalue weighted by molar-refractivity contribution is 0.212. The van der Waals surface area contributed by atoms with Crippen LogP contribution in [-0.4, -0.2) is 11.2 Å². The maximum atomic E-state index is 9.11. The minimum absolute atomic E-state index is 0.137. The lowest BCUT2D eigenvalue weighted by Crippen LogP contribution is -2.00. The largest absolute Gasteiger partial charge is 0.389 e. The predicted octanol–water partition coefficient (Wildman–Crippen LogP) is 1.85. The Hall–Kier alpha value is 0.430. The molecular weight excluding hydrogens is 215 g/mol. The van der Waals surface area contributed by atoms with Crippen LogP contribution in [0.25, 0.3) is 0 Å². The molecular formula is C6H9IO. The van der Waals surface area contributed by atoms with E-state index in [4.69, 9.17) is 5.11 Å². The van der Waals surface area contributed by atoms with Crippen molar-refractivity contribution in [2.75, 3.05) is 0 Å². The summed E-state index contributed by atoms with van der Waals surface area (Å²) in [6.45, 7) is 2.00. The second kappa shape index (κ2) is 2.35. The van der Waals surface area contributed by atoms with Crippen LogP contribution in [0.3, 0.4) is 0 Å². The van der Waals surface area contributed by atoms with Crippen molar-refractivity contribution in [1.82, 2.24) is 0 Å². The molecule has 1 rings (SSSR count). The van der Waals surface area contributed by atoms with Gasteiger partial charge in [-0.05, 0) is 51.5 Å². The second-order valence-corrected chi connectivity index (χ2v) is 3.44. The third-order valence-corrected chi connectivity index (χ3v) is 2.96. The Balaban J connectivity index is 2.71. The number of aliphatic hydroxyl groups excluding tert-OH is 1. The van der Waals surface area contributed by atoms with Crippen molar-refractivity contribution < 1.29 is 5.11 Å². The molecule has 2 heteroatoms. The highest BCUT2D eigenvalue weighted by Gasteiger charge is 2.16. The number of rotatable bonds is 0. The van der Waals surface area contributed by atoms with E-state index in [-0.39, 0.29) is 6.10 Å². The van der Waals surface area contributed by atoms with E-state index in [0.29, 0.717) is 0 Å². The molecule has 0 saturated heterocycles. The van der Waals surface area contributed by atoms with Crippen LogP contribution < -0.4 is 0 Å². The SMILES string of the molecule is CC1=C(I)CC[C@@H]1O. The molecule has 1 nitrogen and oxygen atoms in total. The Labute approximate surface area is 62.9 Å². The third kappa shape index (κ3) is 1.05. The zero-order chi connectivity index (χ0) is 6.15. The molecule has 0 radical (unpaired) electrons. The van der Waals surface area contributed by atoms with E-state index in [9.17, 15) is 0 Å². The van der Waals surface area contributed by atoms with Gasteiger partial charge in [0, 0.05) is 0 Å². The summed E-state index contributed by atoms with van der Waals surface area (Å²) in [6.07, 6.45) is 1.87. The predicted molar refractivity (Wildman–Crippen MR) is 42.0 cm³/mol. The summed E-state index contributed by atoms with van der Waals surface area (Å²) in [5.41, 5.74) is 1.17. The molecule has 0 aromatic rings. The van der Waals surface area contributed by atoms with E-state index < -0.39 is 0 Å². The van der Waals surface area contributed by atoms with Gasteiger partial charge in [-0.2, -0.15) is 0 Å². The summed E-state index contributed by atoms with van der Waals surface area (Å²) in [4.78, 5) is 0. The number of allylic oxidation sites excluding steroid dienone is 1. The maximum Gasteiger partial charge on any atom is 0.0760 e. The Morgan fingerprint density at radius 2 is 2.38 bits per heavy atom. The highest BCUT2D eigenvalue weighted by atomic mass is 127. The molecule has 0 fully saturated rings. The first-order valence-corrected chi connectivity index (χ1v) is 3.83. The maximum absolute atomic E-state index is 9.11. The smallest absolute Gasteiger partial charge is 0.0760 e. The summed E-state index contributed by atoms with van der Waals surface area (Å²) in [6, 6.07) is 0. The van der Waals surface area contributed by atoms with Crippen molar-refractivity contribution in [1.29, 1.82) is 0 Å². The van der Waals surface area contributed by atoms with Gasteiger partial charge in [0.1, 0.15) is 0 Å². The van der Waals surface area contributed by atoms with Crippen LogP contribution in [0, 0.1) is 0 Å². The Kier molecular flexibility index (Phi) is 1.92. The standard InChI is InChI=1S/C6H9IO/c1-4-5(7)2-3-6(4)8/h6,8H,2-3H2,1H3/t6-/m0/s1. The average molecular weight is 224 g/mol. The normalized spacial score (nSPS) is 29.6. The van der Waals surface area contributed by atoms with E-state index in [1.54, 1.807) is 0 Å². The summed E-state index contributed by atoms with van der Waals surface area (Å²) in [5, 5.41) is 9.11. The Morgan fingerprint density at radius 1 is 1.75 bits per heavy atom. The molecule has 0 spiro atoms. The molecule has 1 aliphatic carbocycles. The summed E-state index contributed by atoms with van der Waals surface area (Å²) < 4.78 is 1.34. The molecule has 0 aliphatic heterocycles. The van der Waals surface area contributed by atoms with Crippen LogP contribution in [0.4, 0.5) is 0 Å². The minimum Gasteiger partial charge on any atom is -0.389 e. The lowest BCUT2D eigenvalue weighted by Gasteiger charge is -1.98. The van der Waals surface area contributed by atoms with Gasteiger partial charge in [-0.1, -0.05) is 0 Å². The molecule has 0 bridgehead atoms. The molecule has 1 atom stereocenters. The van der Waals surface area contributed by atoms with Gasteiger partial charge in [0.05, 0.1) is 6.10 Å². The van der Waals surface area contributed by atoms with Crippen LogP contribution in [0.1, 0.15) is 19.8 Å². The topological polar surface area (TPSA) is 20.2 Å². The van der Waals surface area contributed by atoms with Crippen LogP contribution in [0.5, 0.6) is 0 Å². The minimum atomic E-state index is -0.137. The molecule has 0 saturated carbocycles. The average Bonchev–Trinajstić information content (AvgIpc) is 1.98. The van der Waals surface area contributed by atoms with Crippen molar-refractivity contribution in [3.8, 4) is 0 Å².